The van der Waals surface area contributed by atoms with E-state index in [1.807, 2.05) is 0 Å². The molecule has 0 aliphatic carbocycles. The maximum atomic E-state index is 6.31. The third-order valence-electron chi connectivity index (χ3n) is 5.20. The summed E-state index contributed by atoms with van der Waals surface area (Å²) in [6.45, 7) is 4.46. The Morgan fingerprint density at radius 2 is 1.67 bits per heavy atom. The van der Waals surface area contributed by atoms with Crippen LogP contribution in [0.5, 0.6) is 0 Å². The largest absolute Gasteiger partial charge is 0.455 e. The minimum absolute atomic E-state index is 0.514. The van der Waals surface area contributed by atoms with Crippen molar-refractivity contribution in [2.75, 3.05) is 0 Å². The number of fused-ring (bicyclic) bond motifs is 7. The van der Waals surface area contributed by atoms with Gasteiger partial charge in [0, 0.05) is 28.7 Å². The molecular formula is C22H19NO. The number of rotatable bonds is 1. The first-order valence-corrected chi connectivity index (χ1v) is 8.47. The summed E-state index contributed by atoms with van der Waals surface area (Å²) in [4.78, 5) is 0. The van der Waals surface area contributed by atoms with Gasteiger partial charge in [-0.05, 0) is 41.8 Å². The van der Waals surface area contributed by atoms with Gasteiger partial charge < -0.3 is 8.98 Å². The lowest BCUT2D eigenvalue weighted by molar-refractivity contribution is 0.672. The second-order valence-corrected chi connectivity index (χ2v) is 6.92. The van der Waals surface area contributed by atoms with Crippen LogP contribution in [-0.2, 0) is 7.05 Å². The molecule has 0 spiro atoms. The predicted molar refractivity (Wildman–Crippen MR) is 102 cm³/mol. The average Bonchev–Trinajstić information content (AvgIpc) is 3.10. The average molecular weight is 313 g/mol. The van der Waals surface area contributed by atoms with E-state index in [1.54, 1.807) is 0 Å². The molecule has 5 aromatic rings. The summed E-state index contributed by atoms with van der Waals surface area (Å²) in [5.74, 6) is 0.514. The van der Waals surface area contributed by atoms with Crippen molar-refractivity contribution in [3.63, 3.8) is 0 Å². The Morgan fingerprint density at radius 1 is 0.833 bits per heavy atom. The molecule has 0 bridgehead atoms. The summed E-state index contributed by atoms with van der Waals surface area (Å²) in [6.07, 6.45) is 0. The lowest BCUT2D eigenvalue weighted by atomic mass is 10.0. The van der Waals surface area contributed by atoms with Gasteiger partial charge in [0.25, 0.3) is 0 Å². The van der Waals surface area contributed by atoms with Crippen LogP contribution in [0.4, 0.5) is 0 Å². The summed E-state index contributed by atoms with van der Waals surface area (Å²) < 4.78 is 8.56. The summed E-state index contributed by atoms with van der Waals surface area (Å²) in [7, 11) is 2.12. The van der Waals surface area contributed by atoms with Crippen molar-refractivity contribution < 1.29 is 4.42 Å². The molecular weight excluding hydrogens is 294 g/mol. The number of furan rings is 1. The molecule has 0 atom stereocenters. The van der Waals surface area contributed by atoms with Crippen LogP contribution in [0, 0.1) is 0 Å². The third-order valence-corrected chi connectivity index (χ3v) is 5.20. The minimum Gasteiger partial charge on any atom is -0.455 e. The maximum absolute atomic E-state index is 6.31. The Balaban J connectivity index is 2.01. The third kappa shape index (κ3) is 1.66. The quantitative estimate of drug-likeness (QED) is 0.352. The molecule has 3 aromatic carbocycles. The van der Waals surface area contributed by atoms with E-state index in [1.165, 1.54) is 38.1 Å². The van der Waals surface area contributed by atoms with Crippen LogP contribution in [0.25, 0.3) is 43.7 Å². The lowest BCUT2D eigenvalue weighted by Crippen LogP contribution is -1.86. The highest BCUT2D eigenvalue weighted by Gasteiger charge is 2.16. The van der Waals surface area contributed by atoms with Gasteiger partial charge in [-0.15, -0.1) is 0 Å². The van der Waals surface area contributed by atoms with E-state index < -0.39 is 0 Å². The molecule has 0 saturated heterocycles. The molecule has 2 nitrogen and oxygen atoms in total. The number of aromatic nitrogens is 1. The smallest absolute Gasteiger partial charge is 0.145 e. The van der Waals surface area contributed by atoms with Crippen LogP contribution in [0.1, 0.15) is 25.3 Å². The monoisotopic (exact) mass is 313 g/mol. The zero-order chi connectivity index (χ0) is 16.4. The molecule has 2 aromatic heterocycles. The molecule has 0 amide bonds. The Bertz CT molecular complexity index is 1240. The SMILES string of the molecule is CC(C)c1ccc2oc3c(ccc4c3c3ccccc3n4C)c2c1. The van der Waals surface area contributed by atoms with Gasteiger partial charge in [0.15, 0.2) is 0 Å². The zero-order valence-electron chi connectivity index (χ0n) is 14.1. The van der Waals surface area contributed by atoms with Crippen LogP contribution < -0.4 is 0 Å². The van der Waals surface area contributed by atoms with Gasteiger partial charge in [-0.1, -0.05) is 38.1 Å². The molecule has 2 heteroatoms. The number of aryl methyl sites for hydroxylation is 1. The van der Waals surface area contributed by atoms with Gasteiger partial charge in [-0.25, -0.2) is 0 Å². The topological polar surface area (TPSA) is 18.1 Å². The maximum Gasteiger partial charge on any atom is 0.145 e. The first kappa shape index (κ1) is 13.7. The standard InChI is InChI=1S/C22H19NO/c1-13(2)14-8-11-20-17(12-14)15-9-10-19-21(22(15)24-20)16-6-4-5-7-18(16)23(19)3/h4-13H,1-3H3. The second kappa shape index (κ2) is 4.64. The highest BCUT2D eigenvalue weighted by Crippen LogP contribution is 2.39. The van der Waals surface area contributed by atoms with Gasteiger partial charge in [0.2, 0.25) is 0 Å². The van der Waals surface area contributed by atoms with E-state index in [2.05, 4.69) is 80.1 Å². The number of hydrogen-bond donors (Lipinski definition) is 0. The van der Waals surface area contributed by atoms with Crippen LogP contribution in [0.15, 0.2) is 59.0 Å². The van der Waals surface area contributed by atoms with Crippen LogP contribution in [0.2, 0.25) is 0 Å². The van der Waals surface area contributed by atoms with E-state index in [9.17, 15) is 0 Å². The summed E-state index contributed by atoms with van der Waals surface area (Å²) in [6, 6.07) is 19.5. The molecule has 2 heterocycles. The summed E-state index contributed by atoms with van der Waals surface area (Å²) in [5.41, 5.74) is 5.77. The minimum atomic E-state index is 0.514. The highest BCUT2D eigenvalue weighted by molar-refractivity contribution is 6.23. The van der Waals surface area contributed by atoms with Crippen molar-refractivity contribution in [1.82, 2.24) is 4.57 Å². The number of hydrogen-bond acceptors (Lipinski definition) is 1. The molecule has 24 heavy (non-hydrogen) atoms. The Kier molecular flexibility index (Phi) is 2.64. The normalized spacial score (nSPS) is 12.3. The molecule has 0 saturated carbocycles. The van der Waals surface area contributed by atoms with Crippen molar-refractivity contribution in [1.29, 1.82) is 0 Å². The van der Waals surface area contributed by atoms with E-state index in [4.69, 9.17) is 4.42 Å². The fourth-order valence-corrected chi connectivity index (χ4v) is 3.85. The summed E-state index contributed by atoms with van der Waals surface area (Å²) >= 11 is 0. The van der Waals surface area contributed by atoms with E-state index in [0.29, 0.717) is 5.92 Å². The van der Waals surface area contributed by atoms with Gasteiger partial charge in [0.1, 0.15) is 11.2 Å². The Hall–Kier alpha value is -2.74. The highest BCUT2D eigenvalue weighted by atomic mass is 16.3. The van der Waals surface area contributed by atoms with Crippen molar-refractivity contribution >= 4 is 43.7 Å². The fourth-order valence-electron chi connectivity index (χ4n) is 3.85. The molecule has 0 aliphatic rings. The predicted octanol–water partition coefficient (Wildman–Crippen LogP) is 6.35. The molecule has 5 rings (SSSR count). The number of para-hydroxylation sites is 1. The van der Waals surface area contributed by atoms with E-state index >= 15 is 0 Å². The first-order valence-electron chi connectivity index (χ1n) is 8.47. The van der Waals surface area contributed by atoms with Crippen molar-refractivity contribution in [3.8, 4) is 0 Å². The zero-order valence-corrected chi connectivity index (χ0v) is 14.1. The molecule has 118 valence electrons. The van der Waals surface area contributed by atoms with Gasteiger partial charge in [-0.2, -0.15) is 0 Å². The second-order valence-electron chi connectivity index (χ2n) is 6.92. The van der Waals surface area contributed by atoms with Gasteiger partial charge in [-0.3, -0.25) is 0 Å². The fraction of sp³-hybridized carbons (Fsp3) is 0.182. The summed E-state index contributed by atoms with van der Waals surface area (Å²) in [5, 5.41) is 4.89. The molecule has 0 N–H and O–H groups in total. The van der Waals surface area contributed by atoms with Crippen LogP contribution >= 0.6 is 0 Å². The van der Waals surface area contributed by atoms with Crippen molar-refractivity contribution in [3.05, 3.63) is 60.2 Å². The lowest BCUT2D eigenvalue weighted by Gasteiger charge is -2.03. The van der Waals surface area contributed by atoms with Gasteiger partial charge >= 0.3 is 0 Å². The molecule has 0 unspecified atom stereocenters. The van der Waals surface area contributed by atoms with E-state index in [0.717, 1.165) is 11.2 Å². The number of nitrogens with zero attached hydrogens (tertiary/aromatic N) is 1. The van der Waals surface area contributed by atoms with Crippen molar-refractivity contribution in [2.45, 2.75) is 19.8 Å². The molecule has 0 radical (unpaired) electrons. The molecule has 0 aliphatic heterocycles. The van der Waals surface area contributed by atoms with Crippen LogP contribution in [-0.4, -0.2) is 4.57 Å². The van der Waals surface area contributed by atoms with Crippen molar-refractivity contribution in [2.24, 2.45) is 7.05 Å². The Morgan fingerprint density at radius 3 is 2.50 bits per heavy atom. The number of benzene rings is 3. The van der Waals surface area contributed by atoms with Crippen LogP contribution in [0.3, 0.4) is 0 Å². The first-order chi connectivity index (χ1) is 11.6. The Labute approximate surface area is 140 Å². The van der Waals surface area contributed by atoms with E-state index in [-0.39, 0.29) is 0 Å². The molecule has 0 fully saturated rings. The van der Waals surface area contributed by atoms with Gasteiger partial charge in [0.05, 0.1) is 10.9 Å².